The minimum atomic E-state index is 0.0995. The van der Waals surface area contributed by atoms with Crippen LogP contribution in [-0.4, -0.2) is 4.57 Å². The van der Waals surface area contributed by atoms with Crippen molar-refractivity contribution >= 4 is 103 Å². The molecule has 0 radical (unpaired) electrons. The first-order valence-electron chi connectivity index (χ1n) is 20.2. The predicted molar refractivity (Wildman–Crippen MR) is 256 cm³/mol. The normalized spacial score (nSPS) is 14.0. The summed E-state index contributed by atoms with van der Waals surface area (Å²) in [4.78, 5) is 1.34. The van der Waals surface area contributed by atoms with Crippen LogP contribution in [0.25, 0.3) is 102 Å². The second kappa shape index (κ2) is 12.8. The third-order valence-electron chi connectivity index (χ3n) is 12.4. The minimum Gasteiger partial charge on any atom is -0.368 e. The lowest BCUT2D eigenvalue weighted by molar-refractivity contribution is 1.14. The maximum atomic E-state index is 3.99. The molecule has 3 heterocycles. The molecule has 1 atom stereocenters. The van der Waals surface area contributed by atoms with Crippen LogP contribution in [0, 0.1) is 0 Å². The van der Waals surface area contributed by atoms with E-state index in [9.17, 15) is 0 Å². The van der Waals surface area contributed by atoms with Gasteiger partial charge < -0.3 is 9.88 Å². The van der Waals surface area contributed by atoms with Crippen LogP contribution >= 0.6 is 23.1 Å². The summed E-state index contributed by atoms with van der Waals surface area (Å²) in [6.45, 7) is 0. The van der Waals surface area contributed by atoms with Gasteiger partial charge in [-0.2, -0.15) is 0 Å². The van der Waals surface area contributed by atoms with Crippen LogP contribution in [0.2, 0.25) is 0 Å². The highest BCUT2D eigenvalue weighted by Gasteiger charge is 2.29. The molecule has 276 valence electrons. The van der Waals surface area contributed by atoms with Crippen molar-refractivity contribution in [2.45, 2.75) is 10.3 Å². The standard InChI is InChI=1S/C55H34N2S2/c1-2-12-36-29-39(27-25-33(36)11-1)57-49-19-9-7-17-43(49)44-28-26-37(31-50(44)57)34-21-23-35(24-22-34)55-56-48-32-47(53-52(54(48)59-55)45-18-8-10-20-51(45)58-53)46-30-38-13-3-4-14-40(38)41-15-5-6-16-42(41)46/h1-32,55-56H. The molecule has 4 heteroatoms. The summed E-state index contributed by atoms with van der Waals surface area (Å²) < 4.78 is 5.11. The van der Waals surface area contributed by atoms with Crippen LogP contribution in [0.5, 0.6) is 0 Å². The topological polar surface area (TPSA) is 17.0 Å². The molecule has 1 N–H and O–H groups in total. The second-order valence-corrected chi connectivity index (χ2v) is 17.8. The number of fused-ring (bicyclic) bond motifs is 12. The zero-order valence-electron chi connectivity index (χ0n) is 31.8. The van der Waals surface area contributed by atoms with E-state index in [4.69, 9.17) is 0 Å². The SMILES string of the molecule is c1ccc2cc(-n3c4ccccc4c4ccc(-c5ccc(C6Nc7cc(-c8cc9ccccc9c9ccccc89)c8sc9ccccc9c8c7S6)cc5)cc43)ccc2c1. The molecule has 0 aliphatic carbocycles. The van der Waals surface area contributed by atoms with E-state index in [1.807, 2.05) is 23.1 Å². The van der Waals surface area contributed by atoms with Crippen LogP contribution in [0.15, 0.2) is 199 Å². The zero-order valence-corrected chi connectivity index (χ0v) is 33.4. The maximum Gasteiger partial charge on any atom is 0.103 e. The number of thioether (sulfide) groups is 1. The molecule has 0 saturated carbocycles. The fourth-order valence-corrected chi connectivity index (χ4v) is 12.2. The molecule has 1 unspecified atom stereocenters. The number of rotatable bonds is 4. The highest BCUT2D eigenvalue weighted by molar-refractivity contribution is 8.00. The van der Waals surface area contributed by atoms with Gasteiger partial charge in [0, 0.05) is 47.1 Å². The maximum absolute atomic E-state index is 3.99. The number of para-hydroxylation sites is 1. The number of benzene rings is 10. The number of nitrogens with one attached hydrogen (secondary N) is 1. The van der Waals surface area contributed by atoms with Gasteiger partial charge in [0.05, 0.1) is 16.7 Å². The Morgan fingerprint density at radius 3 is 1.98 bits per heavy atom. The summed E-state index contributed by atoms with van der Waals surface area (Å²) in [7, 11) is 0. The smallest absolute Gasteiger partial charge is 0.103 e. The van der Waals surface area contributed by atoms with Gasteiger partial charge in [0.1, 0.15) is 5.37 Å². The second-order valence-electron chi connectivity index (χ2n) is 15.7. The van der Waals surface area contributed by atoms with Gasteiger partial charge in [0.25, 0.3) is 0 Å². The number of hydrogen-bond donors (Lipinski definition) is 1. The number of thiophene rings is 1. The molecule has 0 saturated heterocycles. The number of aromatic nitrogens is 1. The number of nitrogens with zero attached hydrogens (tertiary/aromatic N) is 1. The van der Waals surface area contributed by atoms with Gasteiger partial charge in [-0.25, -0.2) is 0 Å². The van der Waals surface area contributed by atoms with Crippen molar-refractivity contribution in [3.8, 4) is 27.9 Å². The molecule has 2 aromatic heterocycles. The van der Waals surface area contributed by atoms with Crippen LogP contribution in [0.3, 0.4) is 0 Å². The van der Waals surface area contributed by atoms with Gasteiger partial charge >= 0.3 is 0 Å². The molecule has 1 aliphatic heterocycles. The Labute approximate surface area is 349 Å². The van der Waals surface area contributed by atoms with E-state index in [0.29, 0.717) is 0 Å². The summed E-state index contributed by atoms with van der Waals surface area (Å²) >= 11 is 3.87. The van der Waals surface area contributed by atoms with Gasteiger partial charge in [-0.05, 0) is 97.0 Å². The molecule has 0 bridgehead atoms. The fraction of sp³-hybridized carbons (Fsp3) is 0.0182. The van der Waals surface area contributed by atoms with Crippen molar-refractivity contribution in [3.63, 3.8) is 0 Å². The summed E-state index contributed by atoms with van der Waals surface area (Å²) in [6, 6.07) is 71.8. The van der Waals surface area contributed by atoms with E-state index in [-0.39, 0.29) is 5.37 Å². The first-order valence-corrected chi connectivity index (χ1v) is 21.9. The molecule has 0 spiro atoms. The van der Waals surface area contributed by atoms with Crippen LogP contribution in [0.1, 0.15) is 10.9 Å². The Hall–Kier alpha value is -6.85. The monoisotopic (exact) mass is 786 g/mol. The Kier molecular flexibility index (Phi) is 7.21. The molecule has 0 fully saturated rings. The highest BCUT2D eigenvalue weighted by Crippen LogP contribution is 2.56. The molecule has 59 heavy (non-hydrogen) atoms. The lowest BCUT2D eigenvalue weighted by atomic mass is 9.92. The Morgan fingerprint density at radius 2 is 1.12 bits per heavy atom. The summed E-state index contributed by atoms with van der Waals surface area (Å²) in [5, 5.41) is 17.0. The van der Waals surface area contributed by atoms with Crippen LogP contribution < -0.4 is 5.32 Å². The Morgan fingerprint density at radius 1 is 0.441 bits per heavy atom. The van der Waals surface area contributed by atoms with Crippen molar-refractivity contribution in [2.24, 2.45) is 0 Å². The number of anilines is 1. The van der Waals surface area contributed by atoms with E-state index < -0.39 is 0 Å². The van der Waals surface area contributed by atoms with Crippen LogP contribution in [-0.2, 0) is 0 Å². The van der Waals surface area contributed by atoms with Gasteiger partial charge in [0.2, 0.25) is 0 Å². The predicted octanol–water partition coefficient (Wildman–Crippen LogP) is 16.2. The Bertz CT molecular complexity index is 3690. The first kappa shape index (κ1) is 33.2. The lowest BCUT2D eigenvalue weighted by Gasteiger charge is -2.14. The summed E-state index contributed by atoms with van der Waals surface area (Å²) in [5.41, 5.74) is 11.1. The van der Waals surface area contributed by atoms with Crippen molar-refractivity contribution < 1.29 is 0 Å². The van der Waals surface area contributed by atoms with Gasteiger partial charge in [-0.1, -0.05) is 163 Å². The summed E-state index contributed by atoms with van der Waals surface area (Å²) in [5.74, 6) is 0. The Balaban J connectivity index is 0.903. The molecule has 0 amide bonds. The van der Waals surface area contributed by atoms with E-state index in [2.05, 4.69) is 204 Å². The van der Waals surface area contributed by atoms with Gasteiger partial charge in [0.15, 0.2) is 0 Å². The molecular weight excluding hydrogens is 753 g/mol. The van der Waals surface area contributed by atoms with Crippen LogP contribution in [0.4, 0.5) is 5.69 Å². The fourth-order valence-electron chi connectivity index (χ4n) is 9.61. The molecular formula is C55H34N2S2. The quantitative estimate of drug-likeness (QED) is 0.179. The summed E-state index contributed by atoms with van der Waals surface area (Å²) in [6.07, 6.45) is 0. The third kappa shape index (κ3) is 5.07. The van der Waals surface area contributed by atoms with Crippen molar-refractivity contribution in [1.82, 2.24) is 4.57 Å². The van der Waals surface area contributed by atoms with E-state index in [0.717, 1.165) is 0 Å². The number of hydrogen-bond acceptors (Lipinski definition) is 3. The van der Waals surface area contributed by atoms with Crippen molar-refractivity contribution in [3.05, 3.63) is 200 Å². The third-order valence-corrected chi connectivity index (χ3v) is 14.9. The molecule has 1 aliphatic rings. The molecule has 13 rings (SSSR count). The lowest BCUT2D eigenvalue weighted by Crippen LogP contribution is -2.01. The average molecular weight is 787 g/mol. The van der Waals surface area contributed by atoms with E-state index >= 15 is 0 Å². The minimum absolute atomic E-state index is 0.0995. The zero-order chi connectivity index (χ0) is 38.6. The largest absolute Gasteiger partial charge is 0.368 e. The molecule has 12 aromatic rings. The highest BCUT2D eigenvalue weighted by atomic mass is 32.2. The van der Waals surface area contributed by atoms with Gasteiger partial charge in [-0.3, -0.25) is 0 Å². The molecule has 2 nitrogen and oxygen atoms in total. The van der Waals surface area contributed by atoms with Gasteiger partial charge in [-0.15, -0.1) is 11.3 Å². The first-order chi connectivity index (χ1) is 29.2. The average Bonchev–Trinajstić information content (AvgIpc) is 4.00. The van der Waals surface area contributed by atoms with E-state index in [1.165, 1.54) is 118 Å². The van der Waals surface area contributed by atoms with Crippen molar-refractivity contribution in [1.29, 1.82) is 0 Å². The van der Waals surface area contributed by atoms with Crippen molar-refractivity contribution in [2.75, 3.05) is 5.32 Å². The van der Waals surface area contributed by atoms with E-state index in [1.54, 1.807) is 0 Å². The molecule has 10 aromatic carbocycles.